The molecule has 5 nitrogen and oxygen atoms in total. The van der Waals surface area contributed by atoms with Crippen LogP contribution in [0.1, 0.15) is 17.3 Å². The third kappa shape index (κ3) is 5.73. The third-order valence-electron chi connectivity index (χ3n) is 3.91. The van der Waals surface area contributed by atoms with Crippen LogP contribution in [0.3, 0.4) is 0 Å². The predicted octanol–water partition coefficient (Wildman–Crippen LogP) is 5.62. The molecular formula is C22H17Cl2NO4. The minimum Gasteiger partial charge on any atom is -0.479 e. The van der Waals surface area contributed by atoms with E-state index in [2.05, 4.69) is 5.32 Å². The second kappa shape index (κ2) is 9.45. The molecule has 7 heteroatoms. The minimum absolute atomic E-state index is 0.328. The average molecular weight is 430 g/mol. The van der Waals surface area contributed by atoms with Crippen LogP contribution in [0.4, 0.5) is 5.69 Å². The number of carbonyl (C=O) groups is 2. The lowest BCUT2D eigenvalue weighted by Gasteiger charge is -2.14. The Bertz CT molecular complexity index is 1000. The highest BCUT2D eigenvalue weighted by Gasteiger charge is 2.17. The van der Waals surface area contributed by atoms with Gasteiger partial charge in [-0.05, 0) is 67.6 Å². The first-order valence-corrected chi connectivity index (χ1v) is 9.48. The number of nitrogens with one attached hydrogen (secondary N) is 1. The molecule has 0 aliphatic rings. The van der Waals surface area contributed by atoms with Gasteiger partial charge in [0.1, 0.15) is 11.5 Å². The van der Waals surface area contributed by atoms with Gasteiger partial charge in [-0.3, -0.25) is 4.79 Å². The van der Waals surface area contributed by atoms with Crippen LogP contribution in [0, 0.1) is 0 Å². The number of halogens is 2. The second-order valence-corrected chi connectivity index (χ2v) is 6.94. The molecule has 0 spiro atoms. The van der Waals surface area contributed by atoms with Gasteiger partial charge in [0.05, 0.1) is 10.6 Å². The van der Waals surface area contributed by atoms with Gasteiger partial charge < -0.3 is 14.8 Å². The average Bonchev–Trinajstić information content (AvgIpc) is 2.71. The van der Waals surface area contributed by atoms with E-state index < -0.39 is 12.1 Å². The van der Waals surface area contributed by atoms with E-state index in [1.54, 1.807) is 79.7 Å². The first-order chi connectivity index (χ1) is 13.9. The maximum atomic E-state index is 12.3. The highest BCUT2D eigenvalue weighted by Crippen LogP contribution is 2.21. The fourth-order valence-corrected chi connectivity index (χ4v) is 2.76. The first kappa shape index (κ1) is 20.7. The van der Waals surface area contributed by atoms with E-state index in [0.29, 0.717) is 32.8 Å². The molecule has 1 atom stereocenters. The molecule has 0 saturated carbocycles. The molecule has 1 unspecified atom stereocenters. The molecule has 0 aromatic heterocycles. The number of ether oxygens (including phenoxy) is 2. The number of amides is 1. The fraction of sp³-hybridized carbons (Fsp3) is 0.0909. The van der Waals surface area contributed by atoms with Gasteiger partial charge in [-0.25, -0.2) is 4.79 Å². The third-order valence-corrected chi connectivity index (χ3v) is 4.49. The molecule has 1 N–H and O–H groups in total. The van der Waals surface area contributed by atoms with Gasteiger partial charge in [-0.15, -0.1) is 0 Å². The molecule has 0 saturated heterocycles. The van der Waals surface area contributed by atoms with Crippen molar-refractivity contribution in [3.63, 3.8) is 0 Å². The van der Waals surface area contributed by atoms with Crippen molar-refractivity contribution in [2.24, 2.45) is 0 Å². The van der Waals surface area contributed by atoms with Crippen LogP contribution in [0.15, 0.2) is 72.8 Å². The molecule has 0 bridgehead atoms. The van der Waals surface area contributed by atoms with Gasteiger partial charge in [0.15, 0.2) is 6.10 Å². The quantitative estimate of drug-likeness (QED) is 0.407. The van der Waals surface area contributed by atoms with Gasteiger partial charge in [0.2, 0.25) is 0 Å². The largest absolute Gasteiger partial charge is 0.479 e. The zero-order chi connectivity index (χ0) is 20.8. The van der Waals surface area contributed by atoms with Crippen molar-refractivity contribution in [2.45, 2.75) is 13.0 Å². The first-order valence-electron chi connectivity index (χ1n) is 8.72. The number of anilines is 1. The van der Waals surface area contributed by atoms with Crippen LogP contribution in [0.5, 0.6) is 11.5 Å². The van der Waals surface area contributed by atoms with E-state index in [-0.39, 0.29) is 5.91 Å². The summed E-state index contributed by atoms with van der Waals surface area (Å²) in [6, 6.07) is 19.9. The number of rotatable bonds is 6. The maximum Gasteiger partial charge on any atom is 0.352 e. The van der Waals surface area contributed by atoms with E-state index in [0.717, 1.165) is 0 Å². The van der Waals surface area contributed by atoms with Gasteiger partial charge >= 0.3 is 5.97 Å². The Labute approximate surface area is 178 Å². The summed E-state index contributed by atoms with van der Waals surface area (Å²) in [7, 11) is 0. The molecule has 0 heterocycles. The van der Waals surface area contributed by atoms with Crippen molar-refractivity contribution in [1.29, 1.82) is 0 Å². The summed E-state index contributed by atoms with van der Waals surface area (Å²) < 4.78 is 10.8. The molecule has 0 radical (unpaired) electrons. The Morgan fingerprint density at radius 2 is 1.48 bits per heavy atom. The van der Waals surface area contributed by atoms with E-state index in [1.165, 1.54) is 0 Å². The second-order valence-electron chi connectivity index (χ2n) is 6.09. The summed E-state index contributed by atoms with van der Waals surface area (Å²) >= 11 is 11.9. The van der Waals surface area contributed by atoms with Crippen molar-refractivity contribution < 1.29 is 19.1 Å². The molecule has 1 amide bonds. The van der Waals surface area contributed by atoms with E-state index >= 15 is 0 Å². The topological polar surface area (TPSA) is 64.6 Å². The van der Waals surface area contributed by atoms with Crippen molar-refractivity contribution >= 4 is 40.8 Å². The summed E-state index contributed by atoms with van der Waals surface area (Å²) in [6.45, 7) is 1.59. The van der Waals surface area contributed by atoms with Gasteiger partial charge in [-0.1, -0.05) is 35.3 Å². The zero-order valence-corrected chi connectivity index (χ0v) is 16.9. The van der Waals surface area contributed by atoms with Crippen LogP contribution in [0.25, 0.3) is 0 Å². The van der Waals surface area contributed by atoms with Gasteiger partial charge in [0.25, 0.3) is 5.91 Å². The highest BCUT2D eigenvalue weighted by molar-refractivity contribution is 6.34. The van der Waals surface area contributed by atoms with Crippen molar-refractivity contribution in [2.75, 3.05) is 5.32 Å². The van der Waals surface area contributed by atoms with Crippen LogP contribution in [-0.4, -0.2) is 18.0 Å². The van der Waals surface area contributed by atoms with Crippen molar-refractivity contribution in [3.05, 3.63) is 88.4 Å². The summed E-state index contributed by atoms with van der Waals surface area (Å²) in [5, 5.41) is 3.68. The SMILES string of the molecule is CC(Oc1ccc(Cl)cc1)C(=O)Oc1ccc(NC(=O)c2ccccc2Cl)cc1. The normalized spacial score (nSPS) is 11.4. The lowest BCUT2D eigenvalue weighted by Crippen LogP contribution is -2.28. The monoisotopic (exact) mass is 429 g/mol. The molecule has 3 aromatic carbocycles. The molecule has 29 heavy (non-hydrogen) atoms. The van der Waals surface area contributed by atoms with E-state index in [1.807, 2.05) is 0 Å². The maximum absolute atomic E-state index is 12.3. The molecule has 0 aliphatic carbocycles. The number of hydrogen-bond acceptors (Lipinski definition) is 4. The molecule has 0 fully saturated rings. The van der Waals surface area contributed by atoms with Gasteiger partial charge in [-0.2, -0.15) is 0 Å². The number of hydrogen-bond donors (Lipinski definition) is 1. The van der Waals surface area contributed by atoms with Crippen LogP contribution < -0.4 is 14.8 Å². The molecule has 3 aromatic rings. The Balaban J connectivity index is 1.57. The van der Waals surface area contributed by atoms with Gasteiger partial charge in [0, 0.05) is 10.7 Å². The summed E-state index contributed by atoms with van der Waals surface area (Å²) in [5.74, 6) is -0.0353. The number of benzene rings is 3. The summed E-state index contributed by atoms with van der Waals surface area (Å²) in [4.78, 5) is 24.5. The molecule has 3 rings (SSSR count). The highest BCUT2D eigenvalue weighted by atomic mass is 35.5. The number of esters is 1. The Hall–Kier alpha value is -3.02. The van der Waals surface area contributed by atoms with Crippen LogP contribution in [0.2, 0.25) is 10.0 Å². The fourth-order valence-electron chi connectivity index (χ4n) is 2.41. The van der Waals surface area contributed by atoms with E-state index in [4.69, 9.17) is 32.7 Å². The Kier molecular flexibility index (Phi) is 6.75. The Morgan fingerprint density at radius 1 is 0.862 bits per heavy atom. The van der Waals surface area contributed by atoms with Crippen molar-refractivity contribution in [3.8, 4) is 11.5 Å². The smallest absolute Gasteiger partial charge is 0.352 e. The lowest BCUT2D eigenvalue weighted by atomic mass is 10.2. The molecular weight excluding hydrogens is 413 g/mol. The minimum atomic E-state index is -0.809. The molecule has 148 valence electrons. The van der Waals surface area contributed by atoms with Crippen LogP contribution in [-0.2, 0) is 4.79 Å². The van der Waals surface area contributed by atoms with Crippen LogP contribution >= 0.6 is 23.2 Å². The number of carbonyl (C=O) groups excluding carboxylic acids is 2. The zero-order valence-electron chi connectivity index (χ0n) is 15.4. The lowest BCUT2D eigenvalue weighted by molar-refractivity contribution is -0.141. The molecule has 0 aliphatic heterocycles. The standard InChI is InChI=1S/C22H17Cl2NO4/c1-14(28-17-10-6-15(23)7-11-17)22(27)29-18-12-8-16(9-13-18)25-21(26)19-4-2-3-5-20(19)24/h2-14H,1H3,(H,25,26). The summed E-state index contributed by atoms with van der Waals surface area (Å²) in [6.07, 6.45) is -0.809. The van der Waals surface area contributed by atoms with E-state index in [9.17, 15) is 9.59 Å². The summed E-state index contributed by atoms with van der Waals surface area (Å²) in [5.41, 5.74) is 0.915. The Morgan fingerprint density at radius 3 is 2.14 bits per heavy atom. The van der Waals surface area contributed by atoms with Crippen molar-refractivity contribution in [1.82, 2.24) is 0 Å². The predicted molar refractivity (Wildman–Crippen MR) is 113 cm³/mol.